The van der Waals surface area contributed by atoms with Crippen molar-refractivity contribution in [2.75, 3.05) is 6.54 Å². The number of carboxylic acid groups (broad SMARTS) is 1. The highest BCUT2D eigenvalue weighted by molar-refractivity contribution is 7.13. The largest absolute Gasteiger partial charge is 0.480 e. The fourth-order valence-electron chi connectivity index (χ4n) is 1.22. The van der Waals surface area contributed by atoms with Gasteiger partial charge < -0.3 is 5.11 Å². The molecule has 10 heavy (non-hydrogen) atoms. The molecule has 58 valence electrons. The van der Waals surface area contributed by atoms with Gasteiger partial charge in [-0.3, -0.25) is 9.46 Å². The van der Waals surface area contributed by atoms with Gasteiger partial charge in [0, 0.05) is 6.54 Å². The first-order valence-electron chi connectivity index (χ1n) is 3.46. The third-order valence-corrected chi connectivity index (χ3v) is 2.45. The molecule has 3 nitrogen and oxygen atoms in total. The van der Waals surface area contributed by atoms with E-state index in [9.17, 15) is 4.79 Å². The minimum atomic E-state index is -0.699. The van der Waals surface area contributed by atoms with E-state index in [-0.39, 0.29) is 6.04 Å². The zero-order valence-corrected chi connectivity index (χ0v) is 6.94. The molecule has 0 spiro atoms. The lowest BCUT2D eigenvalue weighted by atomic mass is 10.1. The quantitative estimate of drug-likeness (QED) is 0.576. The zero-order chi connectivity index (χ0) is 7.56. The molecule has 0 radical (unpaired) electrons. The summed E-state index contributed by atoms with van der Waals surface area (Å²) in [6.45, 7) is 0.891. The van der Waals surface area contributed by atoms with Gasteiger partial charge in [0.15, 0.2) is 0 Å². The molecule has 1 fully saturated rings. The highest BCUT2D eigenvalue weighted by Gasteiger charge is 2.24. The van der Waals surface area contributed by atoms with Gasteiger partial charge in [-0.25, -0.2) is 0 Å². The second-order valence-corrected chi connectivity index (χ2v) is 3.25. The normalized spacial score (nSPS) is 28.3. The second-order valence-electron chi connectivity index (χ2n) is 2.59. The summed E-state index contributed by atoms with van der Waals surface area (Å²) >= 11 is 0. The van der Waals surface area contributed by atoms with Crippen LogP contribution in [0.15, 0.2) is 0 Å². The summed E-state index contributed by atoms with van der Waals surface area (Å²) in [5.74, 6) is -0.699. The Morgan fingerprint density at radius 3 is 2.70 bits per heavy atom. The van der Waals surface area contributed by atoms with Crippen molar-refractivity contribution in [2.24, 2.45) is 0 Å². The molecule has 2 atom stereocenters. The van der Waals surface area contributed by atoms with E-state index < -0.39 is 5.97 Å². The van der Waals surface area contributed by atoms with Gasteiger partial charge in [0.1, 0.15) is 6.04 Å². The number of carboxylic acids is 1. The van der Waals surface area contributed by atoms with E-state index in [2.05, 4.69) is 9.39 Å². The van der Waals surface area contributed by atoms with E-state index >= 15 is 0 Å². The molecular formula is C6H12NO2P. The van der Waals surface area contributed by atoms with Crippen LogP contribution < -0.4 is 0 Å². The van der Waals surface area contributed by atoms with Crippen LogP contribution in [0, 0.1) is 0 Å². The van der Waals surface area contributed by atoms with Crippen LogP contribution in [0.3, 0.4) is 0 Å². The lowest BCUT2D eigenvalue weighted by molar-refractivity contribution is -0.142. The summed E-state index contributed by atoms with van der Waals surface area (Å²) < 4.78 is 1.83. The first kappa shape index (κ1) is 7.96. The summed E-state index contributed by atoms with van der Waals surface area (Å²) in [4.78, 5) is 10.5. The van der Waals surface area contributed by atoms with Gasteiger partial charge in [0.25, 0.3) is 0 Å². The number of piperidine rings is 1. The van der Waals surface area contributed by atoms with Crippen LogP contribution in [0.5, 0.6) is 0 Å². The summed E-state index contributed by atoms with van der Waals surface area (Å²) in [5, 5.41) is 8.65. The summed E-state index contributed by atoms with van der Waals surface area (Å²) in [6.07, 6.45) is 2.95. The maximum absolute atomic E-state index is 10.5. The van der Waals surface area contributed by atoms with Crippen molar-refractivity contribution < 1.29 is 9.90 Å². The smallest absolute Gasteiger partial charge is 0.321 e. The van der Waals surface area contributed by atoms with Crippen LogP contribution in [0.4, 0.5) is 0 Å². The number of hydrogen-bond donors (Lipinski definition) is 1. The molecule has 0 aromatic rings. The number of hydrogen-bond acceptors (Lipinski definition) is 2. The van der Waals surface area contributed by atoms with Gasteiger partial charge in [-0.2, -0.15) is 0 Å². The monoisotopic (exact) mass is 161 g/mol. The number of aliphatic carboxylic acids is 1. The molecule has 0 aliphatic carbocycles. The first-order valence-corrected chi connectivity index (χ1v) is 3.97. The fraction of sp³-hybridized carbons (Fsp3) is 0.833. The van der Waals surface area contributed by atoms with Crippen molar-refractivity contribution in [3.63, 3.8) is 0 Å². The van der Waals surface area contributed by atoms with Gasteiger partial charge in [0.05, 0.1) is 0 Å². The maximum atomic E-state index is 10.5. The molecule has 1 aliphatic rings. The van der Waals surface area contributed by atoms with Crippen molar-refractivity contribution in [1.29, 1.82) is 0 Å². The Kier molecular flexibility index (Phi) is 2.64. The zero-order valence-electron chi connectivity index (χ0n) is 5.79. The number of rotatable bonds is 1. The molecule has 0 saturated carbocycles. The van der Waals surface area contributed by atoms with E-state index in [0.717, 1.165) is 25.8 Å². The van der Waals surface area contributed by atoms with Crippen LogP contribution in [0.25, 0.3) is 0 Å². The van der Waals surface area contributed by atoms with E-state index in [0.29, 0.717) is 0 Å². The maximum Gasteiger partial charge on any atom is 0.321 e. The Morgan fingerprint density at radius 1 is 1.60 bits per heavy atom. The van der Waals surface area contributed by atoms with Gasteiger partial charge in [-0.15, -0.1) is 0 Å². The lowest BCUT2D eigenvalue weighted by Crippen LogP contribution is -2.38. The standard InChI is InChI=1S/C6H12NO2P/c8-6(9)5-3-1-2-4-7(5)10/h5H,1-4,10H2,(H,8,9). The van der Waals surface area contributed by atoms with Crippen molar-refractivity contribution in [2.45, 2.75) is 25.3 Å². The molecule has 0 amide bonds. The van der Waals surface area contributed by atoms with Crippen LogP contribution in [-0.2, 0) is 4.79 Å². The minimum absolute atomic E-state index is 0.265. The minimum Gasteiger partial charge on any atom is -0.480 e. The van der Waals surface area contributed by atoms with Crippen molar-refractivity contribution in [3.8, 4) is 0 Å². The molecule has 4 heteroatoms. The first-order chi connectivity index (χ1) is 4.72. The van der Waals surface area contributed by atoms with Crippen molar-refractivity contribution in [3.05, 3.63) is 0 Å². The van der Waals surface area contributed by atoms with Gasteiger partial charge in [-0.05, 0) is 19.3 Å². The lowest BCUT2D eigenvalue weighted by Gasteiger charge is -2.28. The van der Waals surface area contributed by atoms with Crippen LogP contribution in [-0.4, -0.2) is 28.3 Å². The SMILES string of the molecule is O=C(O)C1CCCCN1P. The number of carbonyl (C=O) groups is 1. The van der Waals surface area contributed by atoms with Gasteiger partial charge in [-0.1, -0.05) is 9.39 Å². The van der Waals surface area contributed by atoms with E-state index in [4.69, 9.17) is 5.11 Å². The van der Waals surface area contributed by atoms with Crippen LogP contribution in [0.1, 0.15) is 19.3 Å². The van der Waals surface area contributed by atoms with Crippen molar-refractivity contribution in [1.82, 2.24) is 4.67 Å². The van der Waals surface area contributed by atoms with Crippen LogP contribution in [0.2, 0.25) is 0 Å². The average molecular weight is 161 g/mol. The predicted molar refractivity (Wildman–Crippen MR) is 41.7 cm³/mol. The summed E-state index contributed by atoms with van der Waals surface area (Å²) in [5.41, 5.74) is 0. The Morgan fingerprint density at radius 2 is 2.30 bits per heavy atom. The third kappa shape index (κ3) is 1.68. The predicted octanol–water partition coefficient (Wildman–Crippen LogP) is 0.716. The number of nitrogens with zero attached hydrogens (tertiary/aromatic N) is 1. The molecule has 1 rings (SSSR count). The molecule has 0 aromatic heterocycles. The highest BCUT2D eigenvalue weighted by Crippen LogP contribution is 2.19. The average Bonchev–Trinajstić information content (AvgIpc) is 1.88. The molecule has 0 aromatic carbocycles. The molecule has 1 aliphatic heterocycles. The summed E-state index contributed by atoms with van der Waals surface area (Å²) in [6, 6.07) is -0.265. The van der Waals surface area contributed by atoms with E-state index in [1.54, 1.807) is 0 Å². The van der Waals surface area contributed by atoms with Gasteiger partial charge in [0.2, 0.25) is 0 Å². The Bertz CT molecular complexity index is 140. The van der Waals surface area contributed by atoms with Crippen LogP contribution >= 0.6 is 9.39 Å². The Labute approximate surface area is 62.7 Å². The molecule has 0 bridgehead atoms. The third-order valence-electron chi connectivity index (χ3n) is 1.83. The molecule has 1 N–H and O–H groups in total. The second kappa shape index (κ2) is 3.31. The molecular weight excluding hydrogens is 149 g/mol. The molecule has 2 unspecified atom stereocenters. The van der Waals surface area contributed by atoms with Gasteiger partial charge >= 0.3 is 5.97 Å². The Hall–Kier alpha value is -0.140. The highest BCUT2D eigenvalue weighted by atomic mass is 31.0. The fourth-order valence-corrected chi connectivity index (χ4v) is 1.68. The van der Waals surface area contributed by atoms with E-state index in [1.807, 2.05) is 4.67 Å². The topological polar surface area (TPSA) is 40.5 Å². The molecule has 1 saturated heterocycles. The summed E-state index contributed by atoms with van der Waals surface area (Å²) in [7, 11) is 2.47. The van der Waals surface area contributed by atoms with Crippen molar-refractivity contribution >= 4 is 15.4 Å². The van der Waals surface area contributed by atoms with E-state index in [1.165, 1.54) is 0 Å². The molecule has 1 heterocycles. The Balaban J connectivity index is 2.47.